The van der Waals surface area contributed by atoms with E-state index < -0.39 is 11.4 Å². The molecule has 0 atom stereocenters. The fourth-order valence-corrected chi connectivity index (χ4v) is 3.06. The predicted octanol–water partition coefficient (Wildman–Crippen LogP) is 2.66. The Balaban J connectivity index is 1.78. The summed E-state index contributed by atoms with van der Waals surface area (Å²) in [5, 5.41) is 17.5. The van der Waals surface area contributed by atoms with Crippen LogP contribution in [0.15, 0.2) is 24.3 Å². The van der Waals surface area contributed by atoms with Crippen LogP contribution in [0.25, 0.3) is 16.6 Å². The topological polar surface area (TPSA) is 96.6 Å². The van der Waals surface area contributed by atoms with E-state index in [1.54, 1.807) is 13.8 Å². The Bertz CT molecular complexity index is 1040. The van der Waals surface area contributed by atoms with Gasteiger partial charge in [-0.1, -0.05) is 12.1 Å². The summed E-state index contributed by atoms with van der Waals surface area (Å²) in [4.78, 5) is 28.0. The number of aromatic nitrogens is 3. The summed E-state index contributed by atoms with van der Waals surface area (Å²) < 4.78 is 1.83. The number of aryl methyl sites for hydroxylation is 2. The first kappa shape index (κ1) is 18.8. The number of aliphatic carboxylic acids is 1. The van der Waals surface area contributed by atoms with Gasteiger partial charge in [-0.15, -0.1) is 0 Å². The maximum Gasteiger partial charge on any atom is 0.310 e. The Morgan fingerprint density at radius 1 is 1.22 bits per heavy atom. The maximum absolute atomic E-state index is 12.2. The van der Waals surface area contributed by atoms with Gasteiger partial charge in [0.2, 0.25) is 5.91 Å². The number of nitrogens with one attached hydrogen (secondary N) is 1. The molecule has 0 radical (unpaired) electrons. The molecule has 2 N–H and O–H groups in total. The van der Waals surface area contributed by atoms with E-state index in [1.807, 2.05) is 42.6 Å². The Kier molecular flexibility index (Phi) is 4.87. The van der Waals surface area contributed by atoms with E-state index in [-0.39, 0.29) is 18.9 Å². The first-order chi connectivity index (χ1) is 12.7. The molecule has 0 bridgehead atoms. The lowest BCUT2D eigenvalue weighted by atomic mass is 9.94. The minimum absolute atomic E-state index is 0.0982. The van der Waals surface area contributed by atoms with Gasteiger partial charge in [0.15, 0.2) is 5.65 Å². The lowest BCUT2D eigenvalue weighted by Crippen LogP contribution is -2.39. The molecule has 0 fully saturated rings. The van der Waals surface area contributed by atoms with E-state index in [0.717, 1.165) is 33.5 Å². The van der Waals surface area contributed by atoms with Crippen LogP contribution in [0.5, 0.6) is 0 Å². The van der Waals surface area contributed by atoms with Gasteiger partial charge in [0, 0.05) is 29.7 Å². The zero-order valence-electron chi connectivity index (χ0n) is 16.0. The molecular formula is C20H24N4O3. The van der Waals surface area contributed by atoms with Crippen LogP contribution in [0.2, 0.25) is 0 Å². The summed E-state index contributed by atoms with van der Waals surface area (Å²) in [5.74, 6) is -1.11. The van der Waals surface area contributed by atoms with Crippen LogP contribution < -0.4 is 5.32 Å². The minimum Gasteiger partial charge on any atom is -0.481 e. The van der Waals surface area contributed by atoms with Crippen molar-refractivity contribution in [2.24, 2.45) is 5.41 Å². The number of nitrogens with zero attached hydrogens (tertiary/aromatic N) is 3. The number of amides is 1. The number of carboxylic acids is 1. The van der Waals surface area contributed by atoms with Crippen molar-refractivity contribution in [3.05, 3.63) is 41.2 Å². The highest BCUT2D eigenvalue weighted by molar-refractivity contribution is 5.92. The molecular weight excluding hydrogens is 344 g/mol. The monoisotopic (exact) mass is 368 g/mol. The molecule has 3 rings (SSSR count). The van der Waals surface area contributed by atoms with Crippen molar-refractivity contribution in [1.82, 2.24) is 19.9 Å². The van der Waals surface area contributed by atoms with Crippen molar-refractivity contribution in [2.45, 2.75) is 40.5 Å². The lowest BCUT2D eigenvalue weighted by molar-refractivity contribution is -0.146. The van der Waals surface area contributed by atoms with Crippen LogP contribution in [-0.2, 0) is 16.0 Å². The SMILES string of the molecule is Cc1nc2c3ccccc3nn2c(C)c1CCC(=O)NCC(C)(C)C(=O)O. The second-order valence-corrected chi connectivity index (χ2v) is 7.48. The van der Waals surface area contributed by atoms with E-state index in [0.29, 0.717) is 6.42 Å². The van der Waals surface area contributed by atoms with E-state index in [2.05, 4.69) is 10.4 Å². The molecule has 1 amide bonds. The zero-order valence-corrected chi connectivity index (χ0v) is 16.0. The summed E-state index contributed by atoms with van der Waals surface area (Å²) >= 11 is 0. The zero-order chi connectivity index (χ0) is 19.8. The number of carboxylic acid groups (broad SMARTS) is 1. The van der Waals surface area contributed by atoms with Crippen molar-refractivity contribution in [1.29, 1.82) is 0 Å². The van der Waals surface area contributed by atoms with Crippen molar-refractivity contribution >= 4 is 28.4 Å². The summed E-state index contributed by atoms with van der Waals surface area (Å²) in [6, 6.07) is 7.87. The van der Waals surface area contributed by atoms with Crippen LogP contribution >= 0.6 is 0 Å². The van der Waals surface area contributed by atoms with Crippen LogP contribution in [0, 0.1) is 19.3 Å². The average Bonchev–Trinajstić information content (AvgIpc) is 2.98. The Morgan fingerprint density at radius 3 is 2.63 bits per heavy atom. The lowest BCUT2D eigenvalue weighted by Gasteiger charge is -2.19. The molecule has 0 saturated heterocycles. The minimum atomic E-state index is -0.989. The Labute approximate surface area is 157 Å². The summed E-state index contributed by atoms with van der Waals surface area (Å²) in [6.45, 7) is 7.19. The number of carbonyl (C=O) groups is 2. The van der Waals surface area contributed by atoms with Gasteiger partial charge in [0.25, 0.3) is 0 Å². The second kappa shape index (κ2) is 6.98. The van der Waals surface area contributed by atoms with Crippen LogP contribution in [0.4, 0.5) is 0 Å². The van der Waals surface area contributed by atoms with Gasteiger partial charge in [-0.25, -0.2) is 9.50 Å². The predicted molar refractivity (Wildman–Crippen MR) is 103 cm³/mol. The first-order valence-electron chi connectivity index (χ1n) is 8.94. The van der Waals surface area contributed by atoms with Gasteiger partial charge >= 0.3 is 5.97 Å². The normalized spacial score (nSPS) is 11.9. The van der Waals surface area contributed by atoms with E-state index in [4.69, 9.17) is 10.1 Å². The molecule has 2 aromatic heterocycles. The fourth-order valence-electron chi connectivity index (χ4n) is 3.06. The van der Waals surface area contributed by atoms with Crippen LogP contribution in [-0.4, -0.2) is 38.1 Å². The molecule has 3 aromatic rings. The first-order valence-corrected chi connectivity index (χ1v) is 8.94. The molecule has 0 saturated carbocycles. The largest absolute Gasteiger partial charge is 0.481 e. The third-order valence-electron chi connectivity index (χ3n) is 4.93. The maximum atomic E-state index is 12.2. The van der Waals surface area contributed by atoms with E-state index in [1.165, 1.54) is 0 Å². The van der Waals surface area contributed by atoms with Crippen LogP contribution in [0.3, 0.4) is 0 Å². The molecule has 0 unspecified atom stereocenters. The van der Waals surface area contributed by atoms with Gasteiger partial charge in [0.1, 0.15) is 0 Å². The van der Waals surface area contributed by atoms with Gasteiger partial charge < -0.3 is 10.4 Å². The Morgan fingerprint density at radius 2 is 1.93 bits per heavy atom. The highest BCUT2D eigenvalue weighted by Gasteiger charge is 2.27. The van der Waals surface area contributed by atoms with Crippen molar-refractivity contribution in [2.75, 3.05) is 6.54 Å². The molecule has 0 aliphatic rings. The highest BCUT2D eigenvalue weighted by atomic mass is 16.4. The molecule has 0 aliphatic heterocycles. The van der Waals surface area contributed by atoms with Gasteiger partial charge in [-0.05, 0) is 51.8 Å². The second-order valence-electron chi connectivity index (χ2n) is 7.48. The number of hydrogen-bond acceptors (Lipinski definition) is 4. The smallest absolute Gasteiger partial charge is 0.310 e. The molecule has 2 heterocycles. The highest BCUT2D eigenvalue weighted by Crippen LogP contribution is 2.23. The summed E-state index contributed by atoms with van der Waals surface area (Å²) in [6.07, 6.45) is 0.793. The summed E-state index contributed by atoms with van der Waals surface area (Å²) in [7, 11) is 0. The average molecular weight is 368 g/mol. The number of rotatable bonds is 6. The fraction of sp³-hybridized carbons (Fsp3) is 0.400. The third kappa shape index (κ3) is 3.63. The van der Waals surface area contributed by atoms with Crippen LogP contribution in [0.1, 0.15) is 37.2 Å². The van der Waals surface area contributed by atoms with Crippen molar-refractivity contribution < 1.29 is 14.7 Å². The van der Waals surface area contributed by atoms with Gasteiger partial charge in [-0.3, -0.25) is 9.59 Å². The van der Waals surface area contributed by atoms with Crippen molar-refractivity contribution in [3.63, 3.8) is 0 Å². The number of fused-ring (bicyclic) bond motifs is 3. The Hall–Kier alpha value is -2.96. The number of hydrogen-bond donors (Lipinski definition) is 2. The molecule has 7 nitrogen and oxygen atoms in total. The third-order valence-corrected chi connectivity index (χ3v) is 4.93. The van der Waals surface area contributed by atoms with Gasteiger partial charge in [0.05, 0.1) is 10.9 Å². The molecule has 27 heavy (non-hydrogen) atoms. The molecule has 1 aromatic carbocycles. The summed E-state index contributed by atoms with van der Waals surface area (Å²) in [5.41, 5.74) is 3.55. The molecule has 0 spiro atoms. The van der Waals surface area contributed by atoms with E-state index in [9.17, 15) is 9.59 Å². The quantitative estimate of drug-likeness (QED) is 0.697. The number of carbonyl (C=O) groups excluding carboxylic acids is 1. The molecule has 7 heteroatoms. The van der Waals surface area contributed by atoms with Gasteiger partial charge in [-0.2, -0.15) is 5.10 Å². The molecule has 0 aliphatic carbocycles. The molecule has 142 valence electrons. The van der Waals surface area contributed by atoms with Crippen molar-refractivity contribution in [3.8, 4) is 0 Å². The standard InChI is InChI=1S/C20H24N4O3/c1-12-14(9-10-17(25)21-11-20(3,4)19(26)27)13(2)24-18(22-12)15-7-5-6-8-16(15)23-24/h5-8H,9-11H2,1-4H3,(H,21,25)(H,26,27). The van der Waals surface area contributed by atoms with E-state index >= 15 is 0 Å². The number of benzene rings is 1.